The van der Waals surface area contributed by atoms with Crippen LogP contribution in [0.4, 0.5) is 132 Å². The molecule has 532 valence electrons. The molecular formula is C66H16F30N6O2. The van der Waals surface area contributed by atoms with Crippen LogP contribution in [-0.2, 0) is 9.59 Å². The Balaban J connectivity index is 1.30. The summed E-state index contributed by atoms with van der Waals surface area (Å²) in [4.78, 5) is 37.2. The molecule has 0 spiro atoms. The first-order valence-electron chi connectivity index (χ1n) is 27.9. The second-order valence-corrected chi connectivity index (χ2v) is 21.9. The highest BCUT2D eigenvalue weighted by molar-refractivity contribution is 6.14. The number of halogens is 30. The number of hydrogen-bond acceptors (Lipinski definition) is 2. The summed E-state index contributed by atoms with van der Waals surface area (Å²) >= 11 is 0. The zero-order chi connectivity index (χ0) is 75.6. The molecular weight excluding hydrogens is 1480 g/mol. The molecule has 3 aliphatic rings. The van der Waals surface area contributed by atoms with E-state index in [1.54, 1.807) is 10.6 Å². The van der Waals surface area contributed by atoms with Crippen molar-refractivity contribution in [1.29, 1.82) is 0 Å². The smallest absolute Gasteiger partial charge is 0.256 e. The van der Waals surface area contributed by atoms with Crippen LogP contribution in [0.5, 0.6) is 0 Å². The molecule has 104 heavy (non-hydrogen) atoms. The molecule has 12 bridgehead atoms. The van der Waals surface area contributed by atoms with E-state index in [1.807, 2.05) is 19.9 Å². The van der Waals surface area contributed by atoms with E-state index in [-0.39, 0.29) is 24.3 Å². The number of carbonyl (C=O) groups excluding carboxylic acids is 2. The van der Waals surface area contributed by atoms with E-state index in [1.165, 1.54) is 0 Å². The van der Waals surface area contributed by atoms with Crippen LogP contribution < -0.4 is 32.0 Å². The molecule has 4 aromatic heterocycles. The first kappa shape index (κ1) is 70.2. The van der Waals surface area contributed by atoms with Crippen LogP contribution >= 0.6 is 0 Å². The third-order valence-corrected chi connectivity index (χ3v) is 16.3. The topological polar surface area (TPSA) is 121 Å². The van der Waals surface area contributed by atoms with E-state index in [2.05, 4.69) is 0 Å². The first-order valence-corrected chi connectivity index (χ1v) is 27.9. The molecule has 0 aliphatic carbocycles. The Hall–Kier alpha value is -12.3. The average molecular weight is 1490 g/mol. The van der Waals surface area contributed by atoms with Gasteiger partial charge in [0.15, 0.2) is 140 Å². The number of benzene rings is 6. The van der Waals surface area contributed by atoms with E-state index in [0.717, 1.165) is 0 Å². The molecule has 38 heteroatoms. The molecule has 0 atom stereocenters. The molecule has 6 N–H and O–H groups in total. The Morgan fingerprint density at radius 2 is 0.433 bits per heavy atom. The summed E-state index contributed by atoms with van der Waals surface area (Å²) in [5.41, 5.74) is -36.2. The van der Waals surface area contributed by atoms with Crippen LogP contribution in [0.1, 0.15) is 56.2 Å². The molecule has 0 saturated carbocycles. The van der Waals surface area contributed by atoms with Crippen LogP contribution in [0.2, 0.25) is 0 Å². The minimum Gasteiger partial charge on any atom is -0.354 e. The molecule has 0 radical (unpaired) electrons. The molecule has 0 saturated heterocycles. The van der Waals surface area contributed by atoms with E-state index in [9.17, 15) is 35.9 Å². The number of aromatic nitrogens is 4. The van der Waals surface area contributed by atoms with E-state index < -0.39 is 320 Å². The van der Waals surface area contributed by atoms with Gasteiger partial charge in [-0.1, -0.05) is 0 Å². The number of H-pyrrole nitrogens is 4. The number of carbonyl (C=O) groups is 2. The van der Waals surface area contributed by atoms with Gasteiger partial charge in [0, 0.05) is 77.6 Å². The van der Waals surface area contributed by atoms with Crippen LogP contribution in [0, 0.1) is 175 Å². The second-order valence-electron chi connectivity index (χ2n) is 21.9. The third kappa shape index (κ3) is 10.2. The number of rotatable bonds is 6. The number of hydrogen-bond donors (Lipinski definition) is 6. The summed E-state index contributed by atoms with van der Waals surface area (Å²) in [6, 6.07) is 2.40. The van der Waals surface area contributed by atoms with E-state index >= 15 is 105 Å². The summed E-state index contributed by atoms with van der Waals surface area (Å²) in [6.07, 6.45) is 0.00782. The highest BCUT2D eigenvalue weighted by atomic mass is 19.2. The number of fused-ring (bicyclic) bond motifs is 10. The van der Waals surface area contributed by atoms with Crippen molar-refractivity contribution in [1.82, 2.24) is 30.6 Å². The van der Waals surface area contributed by atoms with Crippen molar-refractivity contribution in [3.8, 4) is 0 Å². The average Bonchev–Trinajstić information content (AvgIpc) is 1.58. The van der Waals surface area contributed by atoms with Gasteiger partial charge >= 0.3 is 0 Å². The van der Waals surface area contributed by atoms with Crippen LogP contribution in [0.3, 0.4) is 0 Å². The molecule has 0 fully saturated rings. The van der Waals surface area contributed by atoms with Crippen molar-refractivity contribution in [2.75, 3.05) is 0 Å². The number of amides is 2. The predicted octanol–water partition coefficient (Wildman–Crippen LogP) is 13.4. The maximum absolute atomic E-state index is 16.5. The summed E-state index contributed by atoms with van der Waals surface area (Å²) in [6.45, 7) is 0. The first-order chi connectivity index (χ1) is 48.9. The van der Waals surface area contributed by atoms with Crippen molar-refractivity contribution in [2.45, 2.75) is 0 Å². The van der Waals surface area contributed by atoms with Crippen LogP contribution in [0.15, 0.2) is 83.2 Å². The van der Waals surface area contributed by atoms with Crippen molar-refractivity contribution >= 4 is 45.3 Å². The Kier molecular flexibility index (Phi) is 16.7. The fourth-order valence-electron chi connectivity index (χ4n) is 11.7. The largest absolute Gasteiger partial charge is 0.354 e. The summed E-state index contributed by atoms with van der Waals surface area (Å²) < 4.78 is 474. The van der Waals surface area contributed by atoms with Gasteiger partial charge in [0.2, 0.25) is 34.9 Å². The maximum Gasteiger partial charge on any atom is 0.256 e. The minimum atomic E-state index is -3.01. The lowest BCUT2D eigenvalue weighted by molar-refractivity contribution is -0.116. The Bertz CT molecular complexity index is 5930. The lowest BCUT2D eigenvalue weighted by atomic mass is 9.94. The molecule has 0 unspecified atom stereocenters. The molecule has 3 aliphatic heterocycles. The van der Waals surface area contributed by atoms with Gasteiger partial charge in [-0.3, -0.25) is 9.59 Å². The molecule has 7 heterocycles. The molecule has 13 rings (SSSR count). The van der Waals surface area contributed by atoms with Gasteiger partial charge in [-0.15, -0.1) is 0 Å². The normalized spacial score (nSPS) is 14.2. The minimum absolute atomic E-state index is 0.00391. The van der Waals surface area contributed by atoms with Crippen molar-refractivity contribution in [2.24, 2.45) is 0 Å². The molecule has 8 nitrogen and oxygen atoms in total. The molecule has 2 amide bonds. The van der Waals surface area contributed by atoms with Gasteiger partial charge in [-0.05, 0) is 60.7 Å². The Morgan fingerprint density at radius 3 is 0.750 bits per heavy atom. The summed E-state index contributed by atoms with van der Waals surface area (Å²) in [5.74, 6) is -92.5. The lowest BCUT2D eigenvalue weighted by Crippen LogP contribution is -2.25. The fraction of sp³-hybridized carbons (Fsp3) is 0. The number of nitrogens with one attached hydrogen (secondary N) is 6. The molecule has 10 aromatic rings. The van der Waals surface area contributed by atoms with Gasteiger partial charge < -0.3 is 30.6 Å². The zero-order valence-corrected chi connectivity index (χ0v) is 48.9. The maximum atomic E-state index is 16.5. The van der Waals surface area contributed by atoms with Gasteiger partial charge in [-0.2, -0.15) is 0 Å². The fourth-order valence-corrected chi connectivity index (χ4v) is 11.7. The van der Waals surface area contributed by atoms with Crippen LogP contribution in [-0.4, -0.2) is 31.8 Å². The summed E-state index contributed by atoms with van der Waals surface area (Å²) in [7, 11) is 0. The van der Waals surface area contributed by atoms with E-state index in [0.29, 0.717) is 36.4 Å². The molecule has 6 aromatic carbocycles. The van der Waals surface area contributed by atoms with Gasteiger partial charge in [0.05, 0.1) is 55.9 Å². The van der Waals surface area contributed by atoms with Gasteiger partial charge in [0.1, 0.15) is 0 Å². The SMILES string of the molecule is O=C1NC2=C(c3c(F)c(F)c(F)c(F)c3F)c3ccc([nH]3)C(c3c(F)c(F)c(F)c(F)c3F)=c3ccc([nH]3)=C(c3c(F)c(F)c(F)c(F)c3F)C3=CC(=C(c4c(F)c(F)c(F)c(F)c4F)c4ccc([nH]4)C(c4c(F)c(F)c(F)c(F)c4F)=c4ccc([nH]4)=C(c4c(F)c(F)c(F)c(F)c4F)C1=C2)C(=O)N3. The zero-order valence-electron chi connectivity index (χ0n) is 48.9. The van der Waals surface area contributed by atoms with Gasteiger partial charge in [0.25, 0.3) is 11.8 Å². The lowest BCUT2D eigenvalue weighted by Gasteiger charge is -2.15. The Morgan fingerprint density at radius 1 is 0.202 bits per heavy atom. The van der Waals surface area contributed by atoms with Crippen LogP contribution in [0.25, 0.3) is 33.4 Å². The van der Waals surface area contributed by atoms with Crippen molar-refractivity contribution in [3.63, 3.8) is 0 Å². The highest BCUT2D eigenvalue weighted by Gasteiger charge is 2.42. The quantitative estimate of drug-likeness (QED) is 0.0565. The third-order valence-electron chi connectivity index (χ3n) is 16.3. The van der Waals surface area contributed by atoms with Crippen molar-refractivity contribution in [3.05, 3.63) is 335 Å². The number of allylic oxidation sites excluding steroid dienone is 2. The second kappa shape index (κ2) is 24.8. The predicted molar refractivity (Wildman–Crippen MR) is 292 cm³/mol. The van der Waals surface area contributed by atoms with Gasteiger partial charge in [-0.25, -0.2) is 132 Å². The monoisotopic (exact) mass is 1490 g/mol. The van der Waals surface area contributed by atoms with E-state index in [4.69, 9.17) is 0 Å². The number of aromatic amines is 4. The highest BCUT2D eigenvalue weighted by Crippen LogP contribution is 2.44. The van der Waals surface area contributed by atoms with Crippen molar-refractivity contribution < 1.29 is 141 Å². The Labute approximate surface area is 551 Å². The standard InChI is InChI=1S/C66H16F30N6O2/c67-35-29(36(68)48(80)59(91)47(35)79)23-11-9-21(101-65(11)103)27(33-43(75)55(87)63(95)56(88)44(33)76)19-7-5-17(99-19)26(32-41(73)53(85)62(94)54(86)42(32)74)18-6-8-20(100-18)28(34-45(77)57(89)64(96)58(90)46(34)78)22-10-12(66(104)102-22)24(30-37(69)49(81)60(92)50(82)38(30)70)14-2-4-16(98-14)25(15-3-1-13(23)97-15)31-39(71)51(83)61(93)52(84)40(31)72/h1-10,97-100H,(H,101,103)(H,102,104). The summed E-state index contributed by atoms with van der Waals surface area (Å²) in [5, 5.41) is -2.14.